The summed E-state index contributed by atoms with van der Waals surface area (Å²) in [5, 5.41) is 3.97. The number of benzene rings is 2. The van der Waals surface area contributed by atoms with E-state index >= 15 is 0 Å². The van der Waals surface area contributed by atoms with E-state index in [9.17, 15) is 0 Å². The largest absolute Gasteiger partial charge is 0.387 e. The summed E-state index contributed by atoms with van der Waals surface area (Å²) in [6, 6.07) is 20.6. The molecular weight excluding hydrogens is 210 g/mol. The minimum Gasteiger partial charge on any atom is -0.387 e. The molecule has 0 N–H and O–H groups in total. The number of rotatable bonds is 2. The quantitative estimate of drug-likeness (QED) is 0.763. The van der Waals surface area contributed by atoms with Crippen LogP contribution in [0.5, 0.6) is 0 Å². The molecule has 0 bridgehead atoms. The SMILES string of the molecule is C1=NO[C@@H](c2ccccc2)[C@H]1c1ccccc1. The van der Waals surface area contributed by atoms with Crippen LogP contribution in [0.25, 0.3) is 0 Å². The monoisotopic (exact) mass is 223 g/mol. The van der Waals surface area contributed by atoms with Crippen LogP contribution in [-0.2, 0) is 4.84 Å². The van der Waals surface area contributed by atoms with Crippen molar-refractivity contribution < 1.29 is 4.84 Å². The van der Waals surface area contributed by atoms with Crippen molar-refractivity contribution in [2.75, 3.05) is 0 Å². The van der Waals surface area contributed by atoms with Gasteiger partial charge < -0.3 is 4.84 Å². The first-order valence-corrected chi connectivity index (χ1v) is 5.74. The van der Waals surface area contributed by atoms with E-state index in [1.807, 2.05) is 42.6 Å². The zero-order valence-electron chi connectivity index (χ0n) is 9.36. The Labute approximate surface area is 101 Å². The number of hydrogen-bond acceptors (Lipinski definition) is 2. The molecule has 0 fully saturated rings. The van der Waals surface area contributed by atoms with E-state index in [0.29, 0.717) is 0 Å². The lowest BCUT2D eigenvalue weighted by Crippen LogP contribution is -2.08. The lowest BCUT2D eigenvalue weighted by atomic mass is 9.91. The van der Waals surface area contributed by atoms with Crippen molar-refractivity contribution >= 4 is 6.21 Å². The van der Waals surface area contributed by atoms with Gasteiger partial charge >= 0.3 is 0 Å². The first-order chi connectivity index (χ1) is 8.45. The van der Waals surface area contributed by atoms with Gasteiger partial charge in [-0.05, 0) is 11.1 Å². The zero-order valence-corrected chi connectivity index (χ0v) is 9.36. The van der Waals surface area contributed by atoms with Gasteiger partial charge in [0.2, 0.25) is 0 Å². The Kier molecular flexibility index (Phi) is 2.62. The number of hydrogen-bond donors (Lipinski definition) is 0. The average molecular weight is 223 g/mol. The molecule has 0 spiro atoms. The van der Waals surface area contributed by atoms with Crippen molar-refractivity contribution in [3.8, 4) is 0 Å². The summed E-state index contributed by atoms with van der Waals surface area (Å²) in [6.45, 7) is 0. The van der Waals surface area contributed by atoms with Crippen molar-refractivity contribution in [2.45, 2.75) is 12.0 Å². The Morgan fingerprint density at radius 3 is 2.00 bits per heavy atom. The minimum absolute atomic E-state index is 0.00130. The number of oxime groups is 1. The molecule has 1 aliphatic rings. The fourth-order valence-electron chi connectivity index (χ4n) is 2.16. The Hall–Kier alpha value is -2.09. The van der Waals surface area contributed by atoms with Gasteiger partial charge in [-0.1, -0.05) is 65.8 Å². The van der Waals surface area contributed by atoms with Crippen LogP contribution in [0.15, 0.2) is 65.8 Å². The predicted octanol–water partition coefficient (Wildman–Crippen LogP) is 3.53. The summed E-state index contributed by atoms with van der Waals surface area (Å²) in [6.07, 6.45) is 1.88. The van der Waals surface area contributed by atoms with Crippen molar-refractivity contribution in [1.82, 2.24) is 0 Å². The molecule has 3 rings (SSSR count). The van der Waals surface area contributed by atoms with Crippen LogP contribution in [0.3, 0.4) is 0 Å². The lowest BCUT2D eigenvalue weighted by Gasteiger charge is -2.16. The van der Waals surface area contributed by atoms with Gasteiger partial charge in [-0.15, -0.1) is 0 Å². The van der Waals surface area contributed by atoms with Gasteiger partial charge in [0, 0.05) is 0 Å². The van der Waals surface area contributed by atoms with Crippen LogP contribution in [0, 0.1) is 0 Å². The normalized spacial score (nSPS) is 22.4. The molecule has 0 radical (unpaired) electrons. The molecule has 0 saturated heterocycles. The fourth-order valence-corrected chi connectivity index (χ4v) is 2.16. The van der Waals surface area contributed by atoms with E-state index in [0.717, 1.165) is 0 Å². The Balaban J connectivity index is 1.93. The molecule has 0 amide bonds. The van der Waals surface area contributed by atoms with Gasteiger partial charge in [-0.25, -0.2) is 0 Å². The second-order valence-electron chi connectivity index (χ2n) is 4.13. The molecule has 2 heteroatoms. The second kappa shape index (κ2) is 4.42. The maximum absolute atomic E-state index is 5.48. The van der Waals surface area contributed by atoms with Crippen molar-refractivity contribution in [3.05, 3.63) is 71.8 Å². The summed E-state index contributed by atoms with van der Waals surface area (Å²) >= 11 is 0. The molecular formula is C15H13NO. The highest BCUT2D eigenvalue weighted by Gasteiger charge is 2.29. The highest BCUT2D eigenvalue weighted by Crippen LogP contribution is 2.36. The van der Waals surface area contributed by atoms with Gasteiger partial charge in [0.05, 0.1) is 12.1 Å². The van der Waals surface area contributed by atoms with Gasteiger partial charge in [-0.3, -0.25) is 0 Å². The van der Waals surface area contributed by atoms with Gasteiger partial charge in [-0.2, -0.15) is 0 Å². The van der Waals surface area contributed by atoms with Crippen molar-refractivity contribution in [2.24, 2.45) is 5.16 Å². The predicted molar refractivity (Wildman–Crippen MR) is 67.9 cm³/mol. The summed E-state index contributed by atoms with van der Waals surface area (Å²) in [5.41, 5.74) is 2.40. The molecule has 0 aromatic heterocycles. The molecule has 1 aliphatic heterocycles. The maximum atomic E-state index is 5.48. The van der Waals surface area contributed by atoms with E-state index in [1.54, 1.807) is 0 Å². The Bertz CT molecular complexity index is 507. The van der Waals surface area contributed by atoms with E-state index in [1.165, 1.54) is 11.1 Å². The molecule has 84 valence electrons. The first kappa shape index (κ1) is 10.1. The zero-order chi connectivity index (χ0) is 11.5. The topological polar surface area (TPSA) is 21.6 Å². The Morgan fingerprint density at radius 1 is 0.765 bits per heavy atom. The standard InChI is InChI=1S/C15H13NO/c1-3-7-12(8-4-1)14-11-16-17-15(14)13-9-5-2-6-10-13/h1-11,14-15H/t14-,15+/m1/s1. The Morgan fingerprint density at radius 2 is 1.35 bits per heavy atom. The molecule has 2 nitrogen and oxygen atoms in total. The minimum atomic E-state index is -0.00130. The van der Waals surface area contributed by atoms with E-state index in [4.69, 9.17) is 4.84 Å². The molecule has 17 heavy (non-hydrogen) atoms. The van der Waals surface area contributed by atoms with Crippen molar-refractivity contribution in [3.63, 3.8) is 0 Å². The highest BCUT2D eigenvalue weighted by molar-refractivity contribution is 5.70. The number of nitrogens with zero attached hydrogens (tertiary/aromatic N) is 1. The first-order valence-electron chi connectivity index (χ1n) is 5.74. The van der Waals surface area contributed by atoms with E-state index in [-0.39, 0.29) is 12.0 Å². The van der Waals surface area contributed by atoms with Gasteiger partial charge in [0.1, 0.15) is 0 Å². The van der Waals surface area contributed by atoms with Crippen LogP contribution in [0.4, 0.5) is 0 Å². The molecule has 0 unspecified atom stereocenters. The second-order valence-corrected chi connectivity index (χ2v) is 4.13. The van der Waals surface area contributed by atoms with Crippen LogP contribution < -0.4 is 0 Å². The molecule has 2 atom stereocenters. The highest BCUT2D eigenvalue weighted by atomic mass is 16.6. The molecule has 0 saturated carbocycles. The molecule has 0 aliphatic carbocycles. The fraction of sp³-hybridized carbons (Fsp3) is 0.133. The van der Waals surface area contributed by atoms with Crippen LogP contribution in [0.2, 0.25) is 0 Å². The summed E-state index contributed by atoms with van der Waals surface area (Å²) in [4.78, 5) is 5.48. The van der Waals surface area contributed by atoms with Gasteiger partial charge in [0.25, 0.3) is 0 Å². The molecule has 2 aromatic rings. The molecule has 1 heterocycles. The van der Waals surface area contributed by atoms with Crippen LogP contribution in [0.1, 0.15) is 23.1 Å². The smallest absolute Gasteiger partial charge is 0.164 e. The van der Waals surface area contributed by atoms with E-state index in [2.05, 4.69) is 29.4 Å². The third-order valence-corrected chi connectivity index (χ3v) is 3.03. The average Bonchev–Trinajstić information content (AvgIpc) is 2.90. The summed E-state index contributed by atoms with van der Waals surface area (Å²) in [5.74, 6) is 0.207. The summed E-state index contributed by atoms with van der Waals surface area (Å²) < 4.78 is 0. The van der Waals surface area contributed by atoms with Crippen LogP contribution >= 0.6 is 0 Å². The maximum Gasteiger partial charge on any atom is 0.164 e. The van der Waals surface area contributed by atoms with Gasteiger partial charge in [0.15, 0.2) is 6.10 Å². The van der Waals surface area contributed by atoms with Crippen LogP contribution in [-0.4, -0.2) is 6.21 Å². The molecule has 2 aromatic carbocycles. The third kappa shape index (κ3) is 1.94. The van der Waals surface area contributed by atoms with E-state index < -0.39 is 0 Å². The summed E-state index contributed by atoms with van der Waals surface area (Å²) in [7, 11) is 0. The lowest BCUT2D eigenvalue weighted by molar-refractivity contribution is 0.0763. The van der Waals surface area contributed by atoms with Crippen molar-refractivity contribution in [1.29, 1.82) is 0 Å². The third-order valence-electron chi connectivity index (χ3n) is 3.03.